The van der Waals surface area contributed by atoms with E-state index in [2.05, 4.69) is 20.3 Å². The van der Waals surface area contributed by atoms with E-state index in [4.69, 9.17) is 27.9 Å². The summed E-state index contributed by atoms with van der Waals surface area (Å²) in [7, 11) is 0. The third kappa shape index (κ3) is 5.59. The van der Waals surface area contributed by atoms with Gasteiger partial charge in [-0.25, -0.2) is 4.79 Å². The van der Waals surface area contributed by atoms with Gasteiger partial charge in [-0.05, 0) is 26.2 Å². The van der Waals surface area contributed by atoms with Gasteiger partial charge in [0, 0.05) is 30.9 Å². The first-order chi connectivity index (χ1) is 14.8. The van der Waals surface area contributed by atoms with Crippen molar-refractivity contribution in [1.82, 2.24) is 20.3 Å². The molecule has 0 saturated carbocycles. The van der Waals surface area contributed by atoms with Gasteiger partial charge in [0.1, 0.15) is 11.5 Å². The van der Waals surface area contributed by atoms with Crippen LogP contribution in [0.5, 0.6) is 6.01 Å². The van der Waals surface area contributed by atoms with Gasteiger partial charge in [0.25, 0.3) is 5.91 Å². The summed E-state index contributed by atoms with van der Waals surface area (Å²) in [6.07, 6.45) is 3.10. The number of rotatable bonds is 8. The molecule has 1 fully saturated rings. The Balaban J connectivity index is 1.63. The number of aromatic carboxylic acids is 1. The van der Waals surface area contributed by atoms with E-state index in [-0.39, 0.29) is 34.4 Å². The van der Waals surface area contributed by atoms with E-state index in [9.17, 15) is 14.7 Å². The van der Waals surface area contributed by atoms with Crippen molar-refractivity contribution in [1.29, 1.82) is 0 Å². The lowest BCUT2D eigenvalue weighted by Gasteiger charge is -2.33. The van der Waals surface area contributed by atoms with E-state index < -0.39 is 5.97 Å². The van der Waals surface area contributed by atoms with Crippen LogP contribution in [0.3, 0.4) is 0 Å². The standard InChI is InChI=1S/C20H25Cl2N5O4/c1-3-4-9-31-20-25-13(19(29)30)10-14(26-20)27-7-5-12(6-8-27)24-18(28)17-16(22)15(21)11(2)23-17/h10,12,23H,3-9H2,1-2H3,(H,24,28)(H,29,30). The number of carbonyl (C=O) groups excluding carboxylic acids is 1. The van der Waals surface area contributed by atoms with Crippen LogP contribution in [0.2, 0.25) is 10.0 Å². The minimum atomic E-state index is -1.14. The zero-order chi connectivity index (χ0) is 22.5. The Labute approximate surface area is 190 Å². The molecule has 0 unspecified atom stereocenters. The number of anilines is 1. The first-order valence-electron chi connectivity index (χ1n) is 10.1. The summed E-state index contributed by atoms with van der Waals surface area (Å²) in [6.45, 7) is 5.39. The van der Waals surface area contributed by atoms with Crippen LogP contribution in [0.25, 0.3) is 0 Å². The Bertz CT molecular complexity index is 957. The quantitative estimate of drug-likeness (QED) is 0.503. The number of piperidine rings is 1. The van der Waals surface area contributed by atoms with Crippen molar-refractivity contribution in [3.05, 3.63) is 33.2 Å². The highest BCUT2D eigenvalue weighted by Gasteiger charge is 2.26. The number of carbonyl (C=O) groups is 2. The third-order valence-corrected chi connectivity index (χ3v) is 6.02. The number of hydrogen-bond acceptors (Lipinski definition) is 6. The molecule has 31 heavy (non-hydrogen) atoms. The molecule has 1 amide bonds. The van der Waals surface area contributed by atoms with Crippen LogP contribution < -0.4 is 15.0 Å². The number of carboxylic acids is 1. The molecule has 2 aromatic heterocycles. The molecule has 3 rings (SSSR count). The van der Waals surface area contributed by atoms with Gasteiger partial charge in [-0.3, -0.25) is 4.79 Å². The van der Waals surface area contributed by atoms with Crippen LogP contribution in [0, 0.1) is 6.92 Å². The summed E-state index contributed by atoms with van der Waals surface area (Å²) in [5.74, 6) is -0.943. The van der Waals surface area contributed by atoms with Crippen LogP contribution in [-0.4, -0.2) is 57.7 Å². The second kappa shape index (κ2) is 10.2. The average Bonchev–Trinajstić information content (AvgIpc) is 3.01. The number of unbranched alkanes of at least 4 members (excludes halogenated alkanes) is 1. The summed E-state index contributed by atoms with van der Waals surface area (Å²) in [5.41, 5.74) is 0.782. The summed E-state index contributed by atoms with van der Waals surface area (Å²) in [5, 5.41) is 12.9. The molecule has 0 radical (unpaired) electrons. The van der Waals surface area contributed by atoms with Crippen molar-refractivity contribution in [2.45, 2.75) is 45.6 Å². The fourth-order valence-electron chi connectivity index (χ4n) is 3.30. The zero-order valence-electron chi connectivity index (χ0n) is 17.4. The van der Waals surface area contributed by atoms with Gasteiger partial charge in [-0.2, -0.15) is 9.97 Å². The molecule has 168 valence electrons. The minimum Gasteiger partial charge on any atom is -0.477 e. The van der Waals surface area contributed by atoms with Gasteiger partial charge < -0.3 is 25.0 Å². The molecule has 11 heteroatoms. The highest BCUT2D eigenvalue weighted by atomic mass is 35.5. The second-order valence-electron chi connectivity index (χ2n) is 7.39. The maximum absolute atomic E-state index is 12.5. The van der Waals surface area contributed by atoms with Crippen LogP contribution in [-0.2, 0) is 0 Å². The molecule has 1 aliphatic rings. The molecule has 0 aliphatic carbocycles. The number of amides is 1. The lowest BCUT2D eigenvalue weighted by molar-refractivity contribution is 0.0688. The van der Waals surface area contributed by atoms with Gasteiger partial charge in [0.15, 0.2) is 5.69 Å². The van der Waals surface area contributed by atoms with Crippen molar-refractivity contribution in [2.75, 3.05) is 24.6 Å². The van der Waals surface area contributed by atoms with Crippen LogP contribution in [0.4, 0.5) is 5.82 Å². The molecule has 0 spiro atoms. The summed E-state index contributed by atoms with van der Waals surface area (Å²) < 4.78 is 5.52. The number of carboxylic acid groups (broad SMARTS) is 1. The molecular weight excluding hydrogens is 445 g/mol. The number of aryl methyl sites for hydroxylation is 1. The van der Waals surface area contributed by atoms with Crippen LogP contribution >= 0.6 is 23.2 Å². The molecule has 3 N–H and O–H groups in total. The van der Waals surface area contributed by atoms with Crippen molar-refractivity contribution < 1.29 is 19.4 Å². The van der Waals surface area contributed by atoms with E-state index in [0.29, 0.717) is 49.1 Å². The fraction of sp³-hybridized carbons (Fsp3) is 0.500. The third-order valence-electron chi connectivity index (χ3n) is 5.08. The minimum absolute atomic E-state index is 0.0525. The van der Waals surface area contributed by atoms with E-state index in [1.165, 1.54) is 6.07 Å². The number of halogens is 2. The number of nitrogens with one attached hydrogen (secondary N) is 2. The molecule has 0 bridgehead atoms. The van der Waals surface area contributed by atoms with Crippen LogP contribution in [0.15, 0.2) is 6.07 Å². The lowest BCUT2D eigenvalue weighted by Crippen LogP contribution is -2.45. The first-order valence-corrected chi connectivity index (χ1v) is 10.9. The Kier molecular flexibility index (Phi) is 7.61. The van der Waals surface area contributed by atoms with E-state index >= 15 is 0 Å². The number of aromatic nitrogens is 3. The maximum atomic E-state index is 12.5. The van der Waals surface area contributed by atoms with Gasteiger partial charge in [0.05, 0.1) is 16.7 Å². The molecule has 0 aromatic carbocycles. The average molecular weight is 470 g/mol. The smallest absolute Gasteiger partial charge is 0.354 e. The molecule has 1 aliphatic heterocycles. The van der Waals surface area contributed by atoms with Crippen molar-refractivity contribution >= 4 is 40.9 Å². The monoisotopic (exact) mass is 469 g/mol. The molecule has 1 saturated heterocycles. The van der Waals surface area contributed by atoms with Gasteiger partial charge in [0.2, 0.25) is 0 Å². The number of ether oxygens (including phenoxy) is 1. The second-order valence-corrected chi connectivity index (χ2v) is 8.14. The molecule has 9 nitrogen and oxygen atoms in total. The van der Waals surface area contributed by atoms with Gasteiger partial charge in [-0.1, -0.05) is 36.5 Å². The molecule has 0 atom stereocenters. The zero-order valence-corrected chi connectivity index (χ0v) is 18.9. The SMILES string of the molecule is CCCCOc1nc(C(=O)O)cc(N2CCC(NC(=O)c3[nH]c(C)c(Cl)c3Cl)CC2)n1. The topological polar surface area (TPSA) is 120 Å². The van der Waals surface area contributed by atoms with Crippen molar-refractivity contribution in [3.63, 3.8) is 0 Å². The predicted octanol–water partition coefficient (Wildman–Crippen LogP) is 3.70. The van der Waals surface area contributed by atoms with Gasteiger partial charge >= 0.3 is 12.0 Å². The Morgan fingerprint density at radius 2 is 2.00 bits per heavy atom. The van der Waals surface area contributed by atoms with Crippen molar-refractivity contribution in [3.8, 4) is 6.01 Å². The lowest BCUT2D eigenvalue weighted by atomic mass is 10.0. The van der Waals surface area contributed by atoms with Crippen LogP contribution in [0.1, 0.15) is 59.3 Å². The summed E-state index contributed by atoms with van der Waals surface area (Å²) in [6, 6.07) is 1.45. The highest BCUT2D eigenvalue weighted by molar-refractivity contribution is 6.44. The maximum Gasteiger partial charge on any atom is 0.354 e. The summed E-state index contributed by atoms with van der Waals surface area (Å²) in [4.78, 5) is 37.2. The number of H-pyrrole nitrogens is 1. The predicted molar refractivity (Wildman–Crippen MR) is 118 cm³/mol. The largest absolute Gasteiger partial charge is 0.477 e. The van der Waals surface area contributed by atoms with Gasteiger partial charge in [-0.15, -0.1) is 0 Å². The van der Waals surface area contributed by atoms with Crippen molar-refractivity contribution in [2.24, 2.45) is 0 Å². The van der Waals surface area contributed by atoms with E-state index in [1.807, 2.05) is 11.8 Å². The number of nitrogens with zero attached hydrogens (tertiary/aromatic N) is 3. The van der Waals surface area contributed by atoms with E-state index in [0.717, 1.165) is 12.8 Å². The van der Waals surface area contributed by atoms with E-state index in [1.54, 1.807) is 6.92 Å². The highest BCUT2D eigenvalue weighted by Crippen LogP contribution is 2.29. The summed E-state index contributed by atoms with van der Waals surface area (Å²) >= 11 is 12.2. The molecule has 2 aromatic rings. The Morgan fingerprint density at radius 3 is 2.58 bits per heavy atom. The number of aromatic amines is 1. The Hall–Kier alpha value is -2.52. The fourth-order valence-corrected chi connectivity index (χ4v) is 3.71. The molecular formula is C20H25Cl2N5O4. The Morgan fingerprint density at radius 1 is 1.29 bits per heavy atom. The number of hydrogen-bond donors (Lipinski definition) is 3. The molecule has 3 heterocycles. The first kappa shape index (κ1) is 23.1. The normalized spacial score (nSPS) is 14.5.